The number of ether oxygens (including phenoxy) is 6. The molecular weight excluding hydrogens is 1750 g/mol. The summed E-state index contributed by atoms with van der Waals surface area (Å²) in [5.74, 6) is 0.620. The molecule has 0 aliphatic rings. The van der Waals surface area contributed by atoms with E-state index in [0.717, 1.165) is 16.7 Å². The number of aromatic nitrogens is 15. The van der Waals surface area contributed by atoms with Gasteiger partial charge in [0.2, 0.25) is 0 Å². The number of benzene rings is 3. The molecule has 0 aliphatic carbocycles. The number of nitrogens with zero attached hydrogens (tertiary/aromatic N) is 17. The minimum absolute atomic E-state index is 0.0288. The molecule has 0 aliphatic heterocycles. The van der Waals surface area contributed by atoms with Crippen molar-refractivity contribution in [3.05, 3.63) is 163 Å². The lowest BCUT2D eigenvalue weighted by Gasteiger charge is -2.37. The van der Waals surface area contributed by atoms with Crippen LogP contribution in [0.4, 0.5) is 30.4 Å². The van der Waals surface area contributed by atoms with Crippen molar-refractivity contribution in [2.75, 3.05) is 87.1 Å². The van der Waals surface area contributed by atoms with Gasteiger partial charge in [-0.1, -0.05) is 104 Å². The molecule has 0 saturated carbocycles. The smallest absolute Gasteiger partial charge is 0.192 e. The maximum Gasteiger partial charge on any atom is 0.192 e. The van der Waals surface area contributed by atoms with Gasteiger partial charge in [0.25, 0.3) is 0 Å². The van der Waals surface area contributed by atoms with Gasteiger partial charge in [0.15, 0.2) is 93.2 Å². The lowest BCUT2D eigenvalue weighted by molar-refractivity contribution is 0.266. The maximum atomic E-state index is 15.9. The summed E-state index contributed by atoms with van der Waals surface area (Å²) < 4.78 is 118. The standard InChI is InChI=1S/2C34H51FN6O4Si2.C27H34FN5O3Si/c1-33(2,3)46(9,10)44-17-15-40-23-24(21-37-40)27-22-36-26-13-14-30(39-32(26)38-27)41(16-18-45-47(11,12)34(4,5)6)28-19-25(42-7)20-29(43-8)31(28)35;1-33(2,3)46(9,10)44-17-15-40-23-24(21-37-40)28-22-36-26-13-14-30(38-27-19-25(42-7)20-29(43-8)31(27)35)41(32(26)39-28)16-18-45-47(11,12)34(4,5)6;1-27(2,3)37(6,7)36-11-10-33-17-19(15-30-33)23-16-29-22-9-8-20(31-26(22)32-23)12-18-13-21(34-4)14-24(35-5)25(18)28/h2*13-14,19-23H,15-18H2,1-12H3;8-9,13-17H,10-12H2,1-7H3. The molecule has 12 rings (SSSR count). The first-order chi connectivity index (χ1) is 61.2. The Morgan fingerprint density at radius 2 is 0.748 bits per heavy atom. The molecule has 0 atom stereocenters. The molecule has 0 unspecified atom stereocenters. The number of pyridine rings is 3. The number of hydrogen-bond donors (Lipinski definition) is 0. The van der Waals surface area contributed by atoms with Crippen molar-refractivity contribution in [1.82, 2.24) is 73.8 Å². The Kier molecular flexibility index (Phi) is 33.0. The first-order valence-corrected chi connectivity index (χ1v) is 58.8. The number of anilines is 2. The van der Waals surface area contributed by atoms with Crippen LogP contribution >= 0.6 is 0 Å². The largest absolute Gasteiger partial charge is 0.497 e. The van der Waals surface area contributed by atoms with E-state index in [4.69, 9.17) is 80.5 Å². The van der Waals surface area contributed by atoms with Crippen molar-refractivity contribution in [2.45, 2.75) is 227 Å². The summed E-state index contributed by atoms with van der Waals surface area (Å²) >= 11 is 0. The number of methoxy groups -OCH3 is 6. The third-order valence-electron chi connectivity index (χ3n) is 25.9. The topological polar surface area (TPSA) is 279 Å². The molecule has 0 spiro atoms. The van der Waals surface area contributed by atoms with Crippen LogP contribution < -0.4 is 38.8 Å². The zero-order valence-corrected chi connectivity index (χ0v) is 87.6. The van der Waals surface area contributed by atoms with Gasteiger partial charge in [-0.3, -0.25) is 29.0 Å². The van der Waals surface area contributed by atoms with E-state index in [1.165, 1.54) is 60.9 Å². The number of hydrogen-bond acceptors (Lipinski definition) is 24. The highest BCUT2D eigenvalue weighted by molar-refractivity contribution is 6.75. The van der Waals surface area contributed by atoms with Crippen LogP contribution in [0.2, 0.25) is 90.7 Å². The Labute approximate surface area is 775 Å². The molecule has 0 N–H and O–H groups in total. The first kappa shape index (κ1) is 103. The molecule has 131 heavy (non-hydrogen) atoms. The SMILES string of the molecule is COc1cc(Cc2ccc3ncc(-c4cnn(CCO[Si](C)(C)C(C)(C)C)c4)nc3n2)c(F)c(OC)c1.COc1cc(N=c2ccc3ncc(-c4cnn(CCO[Si](C)(C)C(C)(C)C)c4)nc3n2CCO[Si](C)(C)C(C)(C)C)c(F)c(OC)c1.COc1cc(OC)c(F)c(N(CCO[Si](C)(C)C(C)(C)C)c2ccc3ncc(-c4cnn(CCO[Si](C)(C)C(C)(C)C)c4)nc3n2)c1. The molecule has 28 nitrogen and oxygen atoms in total. The van der Waals surface area contributed by atoms with Crippen molar-refractivity contribution in [1.29, 1.82) is 0 Å². The molecular formula is C95H136F3N17O11Si5. The van der Waals surface area contributed by atoms with Gasteiger partial charge in [-0.2, -0.15) is 15.3 Å². The maximum absolute atomic E-state index is 15.9. The van der Waals surface area contributed by atoms with Gasteiger partial charge >= 0.3 is 0 Å². The van der Waals surface area contributed by atoms with Gasteiger partial charge in [-0.25, -0.2) is 43.1 Å². The fourth-order valence-corrected chi connectivity index (χ4v) is 17.6. The molecule has 0 radical (unpaired) electrons. The van der Waals surface area contributed by atoms with Crippen LogP contribution in [0, 0.1) is 17.5 Å². The lowest BCUT2D eigenvalue weighted by Crippen LogP contribution is -2.42. The molecule has 12 aromatic rings. The molecule has 9 heterocycles. The molecule has 708 valence electrons. The lowest BCUT2D eigenvalue weighted by atomic mass is 10.1. The average molecular weight is 1890 g/mol. The zero-order chi connectivity index (χ0) is 96.4. The average Bonchev–Trinajstić information content (AvgIpc) is 1.62. The van der Waals surface area contributed by atoms with Crippen LogP contribution in [0.1, 0.15) is 115 Å². The second-order valence-electron chi connectivity index (χ2n) is 40.1. The highest BCUT2D eigenvalue weighted by Crippen LogP contribution is 2.44. The summed E-state index contributed by atoms with van der Waals surface area (Å²) in [6.07, 6.45) is 16.6. The Hall–Kier alpha value is -10.2. The molecule has 36 heteroatoms. The van der Waals surface area contributed by atoms with Crippen molar-refractivity contribution < 1.29 is 63.7 Å². The van der Waals surface area contributed by atoms with Gasteiger partial charge in [-0.05, 0) is 133 Å². The van der Waals surface area contributed by atoms with E-state index in [1.807, 2.05) is 73.6 Å². The van der Waals surface area contributed by atoms with E-state index >= 15 is 8.78 Å². The number of rotatable bonds is 34. The second kappa shape index (κ2) is 42.0. The summed E-state index contributed by atoms with van der Waals surface area (Å²) in [4.78, 5) is 44.5. The van der Waals surface area contributed by atoms with Gasteiger partial charge in [-0.15, -0.1) is 0 Å². The van der Waals surface area contributed by atoms with E-state index in [9.17, 15) is 4.39 Å². The third kappa shape index (κ3) is 25.6. The summed E-state index contributed by atoms with van der Waals surface area (Å²) in [5.41, 5.74) is 9.88. The van der Waals surface area contributed by atoms with Crippen molar-refractivity contribution in [2.24, 2.45) is 4.99 Å². The van der Waals surface area contributed by atoms with E-state index in [1.54, 1.807) is 60.3 Å². The van der Waals surface area contributed by atoms with Crippen molar-refractivity contribution >= 4 is 92.3 Å². The highest BCUT2D eigenvalue weighted by Gasteiger charge is 2.41. The zero-order valence-electron chi connectivity index (χ0n) is 82.6. The van der Waals surface area contributed by atoms with E-state index in [0.29, 0.717) is 156 Å². The predicted molar refractivity (Wildman–Crippen MR) is 525 cm³/mol. The summed E-state index contributed by atoms with van der Waals surface area (Å²) in [5, 5.41) is 14.1. The fraction of sp³-hybridized carbons (Fsp3) is 0.495. The second-order valence-corrected chi connectivity index (χ2v) is 64.1. The molecule has 3 aromatic carbocycles. The Morgan fingerprint density at radius 3 is 1.18 bits per heavy atom. The van der Waals surface area contributed by atoms with Crippen LogP contribution in [0.5, 0.6) is 34.5 Å². The Balaban J connectivity index is 0.000000206. The van der Waals surface area contributed by atoms with Gasteiger partial charge < -0.3 is 60.0 Å². The minimum atomic E-state index is -2.06. The summed E-state index contributed by atoms with van der Waals surface area (Å²) in [6.45, 7) is 60.9. The normalized spacial score (nSPS) is 12.9. The van der Waals surface area contributed by atoms with Crippen LogP contribution in [0.15, 0.2) is 134 Å². The quantitative estimate of drug-likeness (QED) is 0.0339. The monoisotopic (exact) mass is 1890 g/mol. The molecule has 0 bridgehead atoms. The van der Waals surface area contributed by atoms with Crippen LogP contribution in [0.25, 0.3) is 67.3 Å². The van der Waals surface area contributed by atoms with Gasteiger partial charge in [0, 0.05) is 96.4 Å². The Morgan fingerprint density at radius 1 is 0.374 bits per heavy atom. The molecule has 0 amide bonds. The minimum Gasteiger partial charge on any atom is -0.497 e. The molecule has 9 aromatic heterocycles. The van der Waals surface area contributed by atoms with E-state index in [-0.39, 0.29) is 60.2 Å². The van der Waals surface area contributed by atoms with Gasteiger partial charge in [0.05, 0.1) is 155 Å². The van der Waals surface area contributed by atoms with E-state index < -0.39 is 59.0 Å². The van der Waals surface area contributed by atoms with Gasteiger partial charge in [0.1, 0.15) is 50.8 Å². The van der Waals surface area contributed by atoms with E-state index in [2.05, 4.69) is 200 Å². The summed E-state index contributed by atoms with van der Waals surface area (Å²) in [6, 6.07) is 20.3. The Bertz CT molecular complexity index is 5990. The molecule has 0 saturated heterocycles. The molecule has 0 fully saturated rings. The van der Waals surface area contributed by atoms with Crippen LogP contribution in [-0.4, -0.2) is 198 Å². The number of fused-ring (bicyclic) bond motifs is 3. The number of halogens is 3. The predicted octanol–water partition coefficient (Wildman–Crippen LogP) is 21.6. The first-order valence-electron chi connectivity index (χ1n) is 44.2. The van der Waals surface area contributed by atoms with Crippen LogP contribution in [-0.2, 0) is 54.7 Å². The fourth-order valence-electron chi connectivity index (χ4n) is 12.4. The van der Waals surface area contributed by atoms with Crippen molar-refractivity contribution in [3.8, 4) is 68.3 Å². The van der Waals surface area contributed by atoms with Crippen molar-refractivity contribution in [3.63, 3.8) is 0 Å². The summed E-state index contributed by atoms with van der Waals surface area (Å²) in [7, 11) is -0.742. The third-order valence-corrected chi connectivity index (χ3v) is 48.6. The highest BCUT2D eigenvalue weighted by atomic mass is 28.4. The van der Waals surface area contributed by atoms with Crippen LogP contribution in [0.3, 0.4) is 0 Å².